The van der Waals surface area contributed by atoms with Gasteiger partial charge in [0.15, 0.2) is 0 Å². The van der Waals surface area contributed by atoms with Crippen molar-refractivity contribution in [1.82, 2.24) is 10.2 Å². The third kappa shape index (κ3) is 4.72. The van der Waals surface area contributed by atoms with Gasteiger partial charge in [0.05, 0.1) is 12.7 Å². The van der Waals surface area contributed by atoms with Gasteiger partial charge in [0.25, 0.3) is 5.91 Å². The first-order valence-electron chi connectivity index (χ1n) is 7.76. The predicted octanol–water partition coefficient (Wildman–Crippen LogP) is 1.03. The summed E-state index contributed by atoms with van der Waals surface area (Å²) in [6.45, 7) is 7.38. The van der Waals surface area contributed by atoms with Crippen molar-refractivity contribution in [3.05, 3.63) is 0 Å². The molecule has 3 unspecified atom stereocenters. The van der Waals surface area contributed by atoms with Crippen LogP contribution < -0.4 is 5.32 Å². The molecule has 0 aromatic rings. The first-order chi connectivity index (χ1) is 9.54. The smallest absolute Gasteiger partial charge is 0.250 e. The number of nitrogens with zero attached hydrogens (tertiary/aromatic N) is 1. The van der Waals surface area contributed by atoms with E-state index >= 15 is 0 Å². The Morgan fingerprint density at radius 1 is 1.35 bits per heavy atom. The van der Waals surface area contributed by atoms with E-state index in [1.165, 1.54) is 0 Å². The lowest BCUT2D eigenvalue weighted by Crippen LogP contribution is -2.52. The molecule has 3 atom stereocenters. The molecule has 2 rings (SSSR count). The number of rotatable bonds is 4. The number of morpholine rings is 1. The second-order valence-electron chi connectivity index (χ2n) is 6.47. The molecule has 2 aliphatic heterocycles. The SMILES string of the molecule is CC(C)CC1CC(NC(=O)C2CN(C)CCO2)CCO1. The number of hydrogen-bond donors (Lipinski definition) is 1. The third-order valence-corrected chi connectivity index (χ3v) is 4.01. The highest BCUT2D eigenvalue weighted by Crippen LogP contribution is 2.20. The largest absolute Gasteiger partial charge is 0.378 e. The molecule has 0 aliphatic carbocycles. The Hall–Kier alpha value is -0.650. The lowest BCUT2D eigenvalue weighted by atomic mass is 9.96. The number of amides is 1. The Balaban J connectivity index is 1.78. The van der Waals surface area contributed by atoms with Crippen LogP contribution in [0.1, 0.15) is 33.1 Å². The van der Waals surface area contributed by atoms with Crippen LogP contribution in [0.5, 0.6) is 0 Å². The normalized spacial score (nSPS) is 32.3. The van der Waals surface area contributed by atoms with E-state index in [1.807, 2.05) is 7.05 Å². The third-order valence-electron chi connectivity index (χ3n) is 4.01. The summed E-state index contributed by atoms with van der Waals surface area (Å²) in [5, 5.41) is 3.14. The second-order valence-corrected chi connectivity index (χ2v) is 6.47. The highest BCUT2D eigenvalue weighted by molar-refractivity contribution is 5.81. The molecule has 1 N–H and O–H groups in total. The molecule has 2 aliphatic rings. The number of nitrogens with one attached hydrogen (secondary N) is 1. The highest BCUT2D eigenvalue weighted by Gasteiger charge is 2.29. The van der Waals surface area contributed by atoms with Gasteiger partial charge in [0, 0.05) is 25.7 Å². The van der Waals surface area contributed by atoms with Gasteiger partial charge in [-0.05, 0) is 32.2 Å². The van der Waals surface area contributed by atoms with Crippen LogP contribution in [0.15, 0.2) is 0 Å². The number of likely N-dealkylation sites (N-methyl/N-ethyl adjacent to an activating group) is 1. The molecular weight excluding hydrogens is 256 g/mol. The fourth-order valence-electron chi connectivity index (χ4n) is 2.93. The number of hydrogen-bond acceptors (Lipinski definition) is 4. The molecule has 0 saturated carbocycles. The van der Waals surface area contributed by atoms with E-state index in [0.29, 0.717) is 19.1 Å². The van der Waals surface area contributed by atoms with Gasteiger partial charge < -0.3 is 19.7 Å². The molecule has 0 radical (unpaired) electrons. The lowest BCUT2D eigenvalue weighted by Gasteiger charge is -2.34. The van der Waals surface area contributed by atoms with Crippen LogP contribution in [-0.2, 0) is 14.3 Å². The van der Waals surface area contributed by atoms with Crippen molar-refractivity contribution < 1.29 is 14.3 Å². The van der Waals surface area contributed by atoms with E-state index in [-0.39, 0.29) is 24.2 Å². The van der Waals surface area contributed by atoms with Crippen LogP contribution in [0.2, 0.25) is 0 Å². The van der Waals surface area contributed by atoms with Gasteiger partial charge in [-0.3, -0.25) is 4.79 Å². The van der Waals surface area contributed by atoms with Gasteiger partial charge in [-0.1, -0.05) is 13.8 Å². The zero-order valence-electron chi connectivity index (χ0n) is 12.9. The fraction of sp³-hybridized carbons (Fsp3) is 0.933. The molecule has 0 bridgehead atoms. The van der Waals surface area contributed by atoms with Crippen LogP contribution in [0.25, 0.3) is 0 Å². The number of ether oxygens (including phenoxy) is 2. The highest BCUT2D eigenvalue weighted by atomic mass is 16.5. The van der Waals surface area contributed by atoms with Crippen molar-refractivity contribution in [3.8, 4) is 0 Å². The zero-order valence-corrected chi connectivity index (χ0v) is 12.9. The van der Waals surface area contributed by atoms with Crippen LogP contribution in [-0.4, -0.2) is 62.4 Å². The molecule has 0 spiro atoms. The first kappa shape index (κ1) is 15.7. The van der Waals surface area contributed by atoms with Crippen molar-refractivity contribution >= 4 is 5.91 Å². The standard InChI is InChI=1S/C15H28N2O3/c1-11(2)8-13-9-12(4-6-19-13)16-15(18)14-10-17(3)5-7-20-14/h11-14H,4-10H2,1-3H3,(H,16,18). The molecule has 5 heteroatoms. The van der Waals surface area contributed by atoms with Crippen molar-refractivity contribution in [3.63, 3.8) is 0 Å². The van der Waals surface area contributed by atoms with Crippen LogP contribution in [0, 0.1) is 5.92 Å². The van der Waals surface area contributed by atoms with E-state index in [4.69, 9.17) is 9.47 Å². The van der Waals surface area contributed by atoms with Crippen molar-refractivity contribution in [1.29, 1.82) is 0 Å². The van der Waals surface area contributed by atoms with Gasteiger partial charge in [-0.15, -0.1) is 0 Å². The Morgan fingerprint density at radius 2 is 2.15 bits per heavy atom. The van der Waals surface area contributed by atoms with Gasteiger partial charge >= 0.3 is 0 Å². The summed E-state index contributed by atoms with van der Waals surface area (Å²) in [5.74, 6) is 0.663. The van der Waals surface area contributed by atoms with E-state index in [1.54, 1.807) is 0 Å². The average molecular weight is 284 g/mol. The minimum absolute atomic E-state index is 0.0340. The molecule has 2 heterocycles. The van der Waals surface area contributed by atoms with E-state index < -0.39 is 0 Å². The summed E-state index contributed by atoms with van der Waals surface area (Å²) in [7, 11) is 2.02. The minimum atomic E-state index is -0.319. The molecule has 2 saturated heterocycles. The maximum absolute atomic E-state index is 12.2. The van der Waals surface area contributed by atoms with Crippen LogP contribution in [0.3, 0.4) is 0 Å². The van der Waals surface area contributed by atoms with Crippen LogP contribution >= 0.6 is 0 Å². The maximum atomic E-state index is 12.2. The zero-order chi connectivity index (χ0) is 14.5. The second kappa shape index (κ2) is 7.38. The van der Waals surface area contributed by atoms with E-state index in [2.05, 4.69) is 24.1 Å². The first-order valence-corrected chi connectivity index (χ1v) is 7.76. The van der Waals surface area contributed by atoms with Crippen molar-refractivity contribution in [2.75, 3.05) is 33.4 Å². The summed E-state index contributed by atoms with van der Waals surface area (Å²) in [6.07, 6.45) is 2.86. The topological polar surface area (TPSA) is 50.8 Å². The van der Waals surface area contributed by atoms with E-state index in [9.17, 15) is 4.79 Å². The molecule has 1 amide bonds. The monoisotopic (exact) mass is 284 g/mol. The molecule has 0 aromatic carbocycles. The lowest BCUT2D eigenvalue weighted by molar-refractivity contribution is -0.139. The Labute approximate surface area is 122 Å². The van der Waals surface area contributed by atoms with Crippen molar-refractivity contribution in [2.45, 2.75) is 51.4 Å². The summed E-state index contributed by atoms with van der Waals surface area (Å²) < 4.78 is 11.3. The Morgan fingerprint density at radius 3 is 2.85 bits per heavy atom. The molecule has 20 heavy (non-hydrogen) atoms. The molecule has 2 fully saturated rings. The van der Waals surface area contributed by atoms with Gasteiger partial charge in [-0.25, -0.2) is 0 Å². The molecular formula is C15H28N2O3. The van der Waals surface area contributed by atoms with Gasteiger partial charge in [0.1, 0.15) is 6.10 Å². The van der Waals surface area contributed by atoms with Crippen LogP contribution in [0.4, 0.5) is 0 Å². The predicted molar refractivity (Wildman–Crippen MR) is 77.6 cm³/mol. The number of carbonyl (C=O) groups excluding carboxylic acids is 1. The minimum Gasteiger partial charge on any atom is -0.378 e. The summed E-state index contributed by atoms with van der Waals surface area (Å²) in [4.78, 5) is 14.4. The molecule has 5 nitrogen and oxygen atoms in total. The number of carbonyl (C=O) groups is 1. The average Bonchev–Trinajstić information content (AvgIpc) is 2.38. The van der Waals surface area contributed by atoms with Gasteiger partial charge in [-0.2, -0.15) is 0 Å². The summed E-state index contributed by atoms with van der Waals surface area (Å²) in [6, 6.07) is 0.232. The Kier molecular flexibility index (Phi) is 5.81. The summed E-state index contributed by atoms with van der Waals surface area (Å²) >= 11 is 0. The summed E-state index contributed by atoms with van der Waals surface area (Å²) in [5.41, 5.74) is 0. The molecule has 0 aromatic heterocycles. The van der Waals surface area contributed by atoms with Crippen molar-refractivity contribution in [2.24, 2.45) is 5.92 Å². The Bertz CT molecular complexity index is 322. The quantitative estimate of drug-likeness (QED) is 0.837. The molecule has 116 valence electrons. The fourth-order valence-corrected chi connectivity index (χ4v) is 2.93. The van der Waals surface area contributed by atoms with E-state index in [0.717, 1.165) is 32.4 Å². The van der Waals surface area contributed by atoms with Gasteiger partial charge in [0.2, 0.25) is 0 Å². The maximum Gasteiger partial charge on any atom is 0.250 e.